The lowest BCUT2D eigenvalue weighted by Crippen LogP contribution is -2.41. The van der Waals surface area contributed by atoms with Gasteiger partial charge in [0.15, 0.2) is 6.61 Å². The van der Waals surface area contributed by atoms with Crippen LogP contribution >= 0.6 is 0 Å². The molecule has 0 saturated heterocycles. The summed E-state index contributed by atoms with van der Waals surface area (Å²) in [7, 11) is 0. The van der Waals surface area contributed by atoms with Gasteiger partial charge in [-0.3, -0.25) is 10.1 Å². The molecule has 3 amide bonds. The van der Waals surface area contributed by atoms with Crippen molar-refractivity contribution in [1.29, 1.82) is 0 Å². The van der Waals surface area contributed by atoms with Crippen LogP contribution < -0.4 is 10.6 Å². The fraction of sp³-hybridized carbons (Fsp3) is 0.150. The number of hydrogen-bond acceptors (Lipinski definition) is 5. The number of fused-ring (bicyclic) bond motifs is 1. The molecule has 0 unspecified atom stereocenters. The number of hydrogen-bond donors (Lipinski definition) is 2. The third kappa shape index (κ3) is 4.52. The van der Waals surface area contributed by atoms with Crippen molar-refractivity contribution in [3.63, 3.8) is 0 Å². The van der Waals surface area contributed by atoms with E-state index in [2.05, 4.69) is 10.6 Å². The molecule has 2 aromatic carbocycles. The van der Waals surface area contributed by atoms with E-state index in [1.54, 1.807) is 19.1 Å². The van der Waals surface area contributed by atoms with Crippen LogP contribution in [0, 0.1) is 6.92 Å². The third-order valence-electron chi connectivity index (χ3n) is 3.91. The van der Waals surface area contributed by atoms with Crippen molar-refractivity contribution >= 4 is 28.9 Å². The van der Waals surface area contributed by atoms with Crippen molar-refractivity contribution < 1.29 is 23.5 Å². The first-order valence-electron chi connectivity index (χ1n) is 8.31. The number of para-hydroxylation sites is 1. The molecule has 1 heterocycles. The van der Waals surface area contributed by atoms with E-state index in [4.69, 9.17) is 9.15 Å². The zero-order chi connectivity index (χ0) is 19.2. The number of imide groups is 1. The lowest BCUT2D eigenvalue weighted by atomic mass is 10.1. The summed E-state index contributed by atoms with van der Waals surface area (Å²) in [5, 5.41) is 5.45. The number of rotatable bonds is 5. The first-order valence-corrected chi connectivity index (χ1v) is 8.31. The van der Waals surface area contributed by atoms with Gasteiger partial charge in [-0.25, -0.2) is 9.59 Å². The first kappa shape index (κ1) is 18.2. The molecule has 0 fully saturated rings. The fourth-order valence-corrected chi connectivity index (χ4v) is 2.55. The molecule has 0 radical (unpaired) electrons. The molecule has 0 aliphatic carbocycles. The van der Waals surface area contributed by atoms with Crippen LogP contribution in [0.2, 0.25) is 0 Å². The minimum Gasteiger partial charge on any atom is -0.450 e. The van der Waals surface area contributed by atoms with Crippen molar-refractivity contribution in [3.05, 3.63) is 71.5 Å². The van der Waals surface area contributed by atoms with Crippen molar-refractivity contribution in [2.45, 2.75) is 13.5 Å². The highest BCUT2D eigenvalue weighted by Gasteiger charge is 2.20. The summed E-state index contributed by atoms with van der Waals surface area (Å²) < 4.78 is 10.4. The lowest BCUT2D eigenvalue weighted by molar-refractivity contribution is -0.123. The van der Waals surface area contributed by atoms with Gasteiger partial charge >= 0.3 is 12.0 Å². The summed E-state index contributed by atoms with van der Waals surface area (Å²) >= 11 is 0. The number of nitrogens with one attached hydrogen (secondary N) is 2. The number of urea groups is 1. The molecule has 1 aromatic heterocycles. The molecule has 0 bridgehead atoms. The number of amides is 3. The zero-order valence-corrected chi connectivity index (χ0v) is 14.7. The molecule has 0 aliphatic rings. The van der Waals surface area contributed by atoms with E-state index < -0.39 is 24.5 Å². The fourth-order valence-electron chi connectivity index (χ4n) is 2.55. The number of furan rings is 1. The Labute approximate surface area is 155 Å². The molecular formula is C20H18N2O5. The van der Waals surface area contributed by atoms with Crippen LogP contribution in [0.5, 0.6) is 0 Å². The van der Waals surface area contributed by atoms with Gasteiger partial charge in [0.05, 0.1) is 0 Å². The SMILES string of the molecule is Cc1c(C(=O)OCC(=O)NC(=O)NCc2ccccc2)oc2ccccc12. The molecule has 3 aromatic rings. The van der Waals surface area contributed by atoms with Crippen LogP contribution in [0.15, 0.2) is 59.0 Å². The average molecular weight is 366 g/mol. The average Bonchev–Trinajstić information content (AvgIpc) is 3.02. The Morgan fingerprint density at radius 1 is 1.00 bits per heavy atom. The minimum atomic E-state index is -0.761. The first-order chi connectivity index (χ1) is 13.0. The lowest BCUT2D eigenvalue weighted by Gasteiger charge is -2.07. The predicted molar refractivity (Wildman–Crippen MR) is 98.1 cm³/mol. The molecule has 3 rings (SSSR count). The Morgan fingerprint density at radius 2 is 1.70 bits per heavy atom. The quantitative estimate of drug-likeness (QED) is 0.677. The van der Waals surface area contributed by atoms with Crippen LogP contribution in [0.4, 0.5) is 4.79 Å². The van der Waals surface area contributed by atoms with Crippen LogP contribution in [-0.4, -0.2) is 24.5 Å². The number of benzene rings is 2. The van der Waals surface area contributed by atoms with Gasteiger partial charge in [0.1, 0.15) is 5.58 Å². The number of carbonyl (C=O) groups is 3. The van der Waals surface area contributed by atoms with Gasteiger partial charge < -0.3 is 14.5 Å². The molecule has 7 heteroatoms. The Hall–Kier alpha value is -3.61. The Bertz CT molecular complexity index is 978. The van der Waals surface area contributed by atoms with Crippen molar-refractivity contribution in [1.82, 2.24) is 10.6 Å². The Balaban J connectivity index is 1.48. The molecule has 0 saturated carbocycles. The Kier molecular flexibility index (Phi) is 5.51. The second kappa shape index (κ2) is 8.18. The zero-order valence-electron chi connectivity index (χ0n) is 14.7. The van der Waals surface area contributed by atoms with Crippen LogP contribution in [0.1, 0.15) is 21.7 Å². The predicted octanol–water partition coefficient (Wildman–Crippen LogP) is 2.92. The summed E-state index contributed by atoms with van der Waals surface area (Å²) in [6.07, 6.45) is 0. The van der Waals surface area contributed by atoms with E-state index in [1.165, 1.54) is 0 Å². The number of carbonyl (C=O) groups excluding carboxylic acids is 3. The van der Waals surface area contributed by atoms with E-state index in [9.17, 15) is 14.4 Å². The van der Waals surface area contributed by atoms with Crippen LogP contribution in [0.25, 0.3) is 11.0 Å². The van der Waals surface area contributed by atoms with Gasteiger partial charge in [0.25, 0.3) is 5.91 Å². The third-order valence-corrected chi connectivity index (χ3v) is 3.91. The number of esters is 1. The summed E-state index contributed by atoms with van der Waals surface area (Å²) in [5.74, 6) is -1.45. The van der Waals surface area contributed by atoms with Gasteiger partial charge in [0.2, 0.25) is 5.76 Å². The highest BCUT2D eigenvalue weighted by Crippen LogP contribution is 2.25. The normalized spacial score (nSPS) is 10.4. The largest absolute Gasteiger partial charge is 0.450 e. The number of ether oxygens (including phenoxy) is 1. The van der Waals surface area contributed by atoms with Crippen LogP contribution in [0.3, 0.4) is 0 Å². The van der Waals surface area contributed by atoms with Gasteiger partial charge in [-0.1, -0.05) is 48.5 Å². The maximum Gasteiger partial charge on any atom is 0.375 e. The van der Waals surface area contributed by atoms with Gasteiger partial charge in [0, 0.05) is 17.5 Å². The molecule has 0 atom stereocenters. The van der Waals surface area contributed by atoms with Gasteiger partial charge in [-0.15, -0.1) is 0 Å². The summed E-state index contributed by atoms with van der Waals surface area (Å²) in [5.41, 5.74) is 2.09. The molecule has 0 spiro atoms. The van der Waals surface area contributed by atoms with Gasteiger partial charge in [-0.2, -0.15) is 0 Å². The Morgan fingerprint density at radius 3 is 2.44 bits per heavy atom. The van der Waals surface area contributed by atoms with E-state index in [-0.39, 0.29) is 12.3 Å². The summed E-state index contributed by atoms with van der Waals surface area (Å²) in [6, 6.07) is 15.8. The van der Waals surface area contributed by atoms with Crippen molar-refractivity contribution in [2.24, 2.45) is 0 Å². The second-order valence-electron chi connectivity index (χ2n) is 5.84. The molecular weight excluding hydrogens is 348 g/mol. The smallest absolute Gasteiger partial charge is 0.375 e. The van der Waals surface area contributed by atoms with Gasteiger partial charge in [-0.05, 0) is 18.6 Å². The number of aryl methyl sites for hydroxylation is 1. The monoisotopic (exact) mass is 366 g/mol. The molecule has 7 nitrogen and oxygen atoms in total. The van der Waals surface area contributed by atoms with Crippen molar-refractivity contribution in [2.75, 3.05) is 6.61 Å². The maximum atomic E-state index is 12.1. The topological polar surface area (TPSA) is 97.6 Å². The standard InChI is InChI=1S/C20H18N2O5/c1-13-15-9-5-6-10-16(15)27-18(13)19(24)26-12-17(23)22-20(25)21-11-14-7-3-2-4-8-14/h2-10H,11-12H2,1H3,(H2,21,22,23,25). The van der Waals surface area contributed by atoms with E-state index in [1.807, 2.05) is 42.5 Å². The van der Waals surface area contributed by atoms with E-state index in [0.29, 0.717) is 11.1 Å². The molecule has 27 heavy (non-hydrogen) atoms. The van der Waals surface area contributed by atoms with Crippen molar-refractivity contribution in [3.8, 4) is 0 Å². The van der Waals surface area contributed by atoms with E-state index >= 15 is 0 Å². The second-order valence-corrected chi connectivity index (χ2v) is 5.84. The summed E-state index contributed by atoms with van der Waals surface area (Å²) in [4.78, 5) is 35.6. The highest BCUT2D eigenvalue weighted by atomic mass is 16.5. The molecule has 0 aliphatic heterocycles. The van der Waals surface area contributed by atoms with E-state index in [0.717, 1.165) is 10.9 Å². The minimum absolute atomic E-state index is 0.0394. The summed E-state index contributed by atoms with van der Waals surface area (Å²) in [6.45, 7) is 1.42. The van der Waals surface area contributed by atoms with Crippen LogP contribution in [-0.2, 0) is 16.1 Å². The maximum absolute atomic E-state index is 12.1. The molecule has 138 valence electrons. The highest BCUT2D eigenvalue weighted by molar-refractivity contribution is 5.98. The molecule has 2 N–H and O–H groups in total.